The minimum absolute atomic E-state index is 0.145. The number of rotatable bonds is 3. The SMILES string of the molecule is Cc1ccc(NC(=O)C2CCCCC2)c(-c2ccco2)c1. The van der Waals surface area contributed by atoms with Crippen LogP contribution in [0.3, 0.4) is 0 Å². The summed E-state index contributed by atoms with van der Waals surface area (Å²) >= 11 is 0. The molecule has 1 aromatic heterocycles. The van der Waals surface area contributed by atoms with Crippen molar-refractivity contribution in [3.63, 3.8) is 0 Å². The molecule has 1 N–H and O–H groups in total. The summed E-state index contributed by atoms with van der Waals surface area (Å²) in [6.45, 7) is 2.04. The molecule has 0 unspecified atom stereocenters. The molecule has 3 nitrogen and oxygen atoms in total. The van der Waals surface area contributed by atoms with Crippen LogP contribution in [-0.2, 0) is 4.79 Å². The molecular formula is C18H21NO2. The summed E-state index contributed by atoms with van der Waals surface area (Å²) in [5.74, 6) is 1.09. The van der Waals surface area contributed by atoms with Crippen LogP contribution in [0.1, 0.15) is 37.7 Å². The van der Waals surface area contributed by atoms with Crippen molar-refractivity contribution in [3.05, 3.63) is 42.2 Å². The average molecular weight is 283 g/mol. The molecule has 2 aromatic rings. The molecule has 1 amide bonds. The molecule has 1 aliphatic carbocycles. The fourth-order valence-corrected chi connectivity index (χ4v) is 3.00. The molecule has 1 saturated carbocycles. The van der Waals surface area contributed by atoms with Crippen LogP contribution in [0.2, 0.25) is 0 Å². The number of hydrogen-bond donors (Lipinski definition) is 1. The van der Waals surface area contributed by atoms with E-state index in [4.69, 9.17) is 4.42 Å². The highest BCUT2D eigenvalue weighted by Crippen LogP contribution is 2.31. The second kappa shape index (κ2) is 6.17. The summed E-state index contributed by atoms with van der Waals surface area (Å²) in [5.41, 5.74) is 2.94. The van der Waals surface area contributed by atoms with Crippen LogP contribution in [0, 0.1) is 12.8 Å². The minimum atomic E-state index is 0.145. The molecule has 0 atom stereocenters. The third-order valence-electron chi connectivity index (χ3n) is 4.20. The summed E-state index contributed by atoms with van der Waals surface area (Å²) in [7, 11) is 0. The zero-order valence-corrected chi connectivity index (χ0v) is 12.4. The lowest BCUT2D eigenvalue weighted by Gasteiger charge is -2.21. The number of carbonyl (C=O) groups is 1. The summed E-state index contributed by atoms with van der Waals surface area (Å²) in [4.78, 5) is 12.4. The van der Waals surface area contributed by atoms with E-state index < -0.39 is 0 Å². The molecule has 110 valence electrons. The minimum Gasteiger partial charge on any atom is -0.464 e. The maximum absolute atomic E-state index is 12.4. The number of hydrogen-bond acceptors (Lipinski definition) is 2. The summed E-state index contributed by atoms with van der Waals surface area (Å²) in [6.07, 6.45) is 7.26. The van der Waals surface area contributed by atoms with E-state index in [9.17, 15) is 4.79 Å². The number of furan rings is 1. The zero-order valence-electron chi connectivity index (χ0n) is 12.4. The van der Waals surface area contributed by atoms with E-state index >= 15 is 0 Å². The maximum Gasteiger partial charge on any atom is 0.227 e. The van der Waals surface area contributed by atoms with Crippen LogP contribution < -0.4 is 5.32 Å². The van der Waals surface area contributed by atoms with Crippen LogP contribution in [0.25, 0.3) is 11.3 Å². The van der Waals surface area contributed by atoms with Crippen LogP contribution in [-0.4, -0.2) is 5.91 Å². The number of anilines is 1. The van der Waals surface area contributed by atoms with Crippen LogP contribution in [0.4, 0.5) is 5.69 Å². The Kier molecular flexibility index (Phi) is 4.09. The van der Waals surface area contributed by atoms with Gasteiger partial charge in [0.05, 0.1) is 12.0 Å². The highest BCUT2D eigenvalue weighted by molar-refractivity contribution is 5.96. The standard InChI is InChI=1S/C18H21NO2/c1-13-9-10-16(15(12-13)17-8-5-11-21-17)19-18(20)14-6-3-2-4-7-14/h5,8-12,14H,2-4,6-7H2,1H3,(H,19,20). The Balaban J connectivity index is 1.83. The Morgan fingerprint density at radius 1 is 1.19 bits per heavy atom. The fourth-order valence-electron chi connectivity index (χ4n) is 3.00. The van der Waals surface area contributed by atoms with E-state index in [1.165, 1.54) is 6.42 Å². The van der Waals surface area contributed by atoms with Crippen LogP contribution in [0.5, 0.6) is 0 Å². The van der Waals surface area contributed by atoms with E-state index in [-0.39, 0.29) is 11.8 Å². The van der Waals surface area contributed by atoms with Crippen molar-refractivity contribution in [3.8, 4) is 11.3 Å². The lowest BCUT2D eigenvalue weighted by Crippen LogP contribution is -2.25. The van der Waals surface area contributed by atoms with Gasteiger partial charge in [-0.05, 0) is 44.0 Å². The second-order valence-electron chi connectivity index (χ2n) is 5.85. The quantitative estimate of drug-likeness (QED) is 0.881. The van der Waals surface area contributed by atoms with E-state index in [1.807, 2.05) is 31.2 Å². The molecule has 3 heteroatoms. The van der Waals surface area contributed by atoms with Crippen molar-refractivity contribution in [1.82, 2.24) is 0 Å². The van der Waals surface area contributed by atoms with Gasteiger partial charge in [0.2, 0.25) is 5.91 Å². The van der Waals surface area contributed by atoms with Crippen molar-refractivity contribution in [2.75, 3.05) is 5.32 Å². The van der Waals surface area contributed by atoms with Gasteiger partial charge in [0, 0.05) is 11.5 Å². The van der Waals surface area contributed by atoms with Crippen LogP contribution in [0.15, 0.2) is 41.0 Å². The van der Waals surface area contributed by atoms with Gasteiger partial charge in [-0.1, -0.05) is 30.9 Å². The summed E-state index contributed by atoms with van der Waals surface area (Å²) in [6, 6.07) is 9.82. The van der Waals surface area contributed by atoms with Crippen molar-refractivity contribution in [1.29, 1.82) is 0 Å². The van der Waals surface area contributed by atoms with Gasteiger partial charge < -0.3 is 9.73 Å². The highest BCUT2D eigenvalue weighted by atomic mass is 16.3. The summed E-state index contributed by atoms with van der Waals surface area (Å²) < 4.78 is 5.49. The van der Waals surface area contributed by atoms with Gasteiger partial charge in [0.15, 0.2) is 0 Å². The Bertz CT molecular complexity index is 610. The number of benzene rings is 1. The highest BCUT2D eigenvalue weighted by Gasteiger charge is 2.22. The van der Waals surface area contributed by atoms with E-state index in [0.29, 0.717) is 0 Å². The van der Waals surface area contributed by atoms with Crippen LogP contribution >= 0.6 is 0 Å². The molecule has 3 rings (SSSR count). The average Bonchev–Trinajstić information content (AvgIpc) is 3.04. The molecule has 0 bridgehead atoms. The van der Waals surface area contributed by atoms with Crippen molar-refractivity contribution >= 4 is 11.6 Å². The van der Waals surface area contributed by atoms with Crippen molar-refractivity contribution < 1.29 is 9.21 Å². The molecular weight excluding hydrogens is 262 g/mol. The van der Waals surface area contributed by atoms with Gasteiger partial charge in [-0.15, -0.1) is 0 Å². The first kappa shape index (κ1) is 13.9. The smallest absolute Gasteiger partial charge is 0.227 e. The number of nitrogens with one attached hydrogen (secondary N) is 1. The maximum atomic E-state index is 12.4. The fraction of sp³-hybridized carbons (Fsp3) is 0.389. The lowest BCUT2D eigenvalue weighted by atomic mass is 9.88. The predicted molar refractivity (Wildman–Crippen MR) is 84.1 cm³/mol. The second-order valence-corrected chi connectivity index (χ2v) is 5.85. The van der Waals surface area contributed by atoms with E-state index in [2.05, 4.69) is 11.4 Å². The van der Waals surface area contributed by atoms with E-state index in [1.54, 1.807) is 6.26 Å². The Morgan fingerprint density at radius 2 is 2.00 bits per heavy atom. The molecule has 1 aromatic carbocycles. The molecule has 0 aliphatic heterocycles. The molecule has 0 radical (unpaired) electrons. The zero-order chi connectivity index (χ0) is 14.7. The van der Waals surface area contributed by atoms with Gasteiger partial charge >= 0.3 is 0 Å². The molecule has 1 heterocycles. The third-order valence-corrected chi connectivity index (χ3v) is 4.20. The van der Waals surface area contributed by atoms with Gasteiger partial charge in [0.1, 0.15) is 5.76 Å². The first-order valence-electron chi connectivity index (χ1n) is 7.69. The third kappa shape index (κ3) is 3.18. The first-order valence-corrected chi connectivity index (χ1v) is 7.69. The normalized spacial score (nSPS) is 15.9. The molecule has 0 spiro atoms. The molecule has 1 aliphatic rings. The van der Waals surface area contributed by atoms with Crippen molar-refractivity contribution in [2.45, 2.75) is 39.0 Å². The van der Waals surface area contributed by atoms with E-state index in [0.717, 1.165) is 48.3 Å². The Morgan fingerprint density at radius 3 is 2.71 bits per heavy atom. The first-order chi connectivity index (χ1) is 10.2. The van der Waals surface area contributed by atoms with Gasteiger partial charge in [-0.2, -0.15) is 0 Å². The number of amides is 1. The van der Waals surface area contributed by atoms with Gasteiger partial charge in [-0.3, -0.25) is 4.79 Å². The van der Waals surface area contributed by atoms with Gasteiger partial charge in [-0.25, -0.2) is 0 Å². The Labute approximate surface area is 125 Å². The van der Waals surface area contributed by atoms with Gasteiger partial charge in [0.25, 0.3) is 0 Å². The summed E-state index contributed by atoms with van der Waals surface area (Å²) in [5, 5.41) is 3.10. The van der Waals surface area contributed by atoms with Crippen molar-refractivity contribution in [2.24, 2.45) is 5.92 Å². The largest absolute Gasteiger partial charge is 0.464 e. The predicted octanol–water partition coefficient (Wildman–Crippen LogP) is 4.77. The number of carbonyl (C=O) groups excluding carboxylic acids is 1. The lowest BCUT2D eigenvalue weighted by molar-refractivity contribution is -0.120. The monoisotopic (exact) mass is 283 g/mol. The molecule has 21 heavy (non-hydrogen) atoms. The topological polar surface area (TPSA) is 42.2 Å². The Hall–Kier alpha value is -2.03. The molecule has 0 saturated heterocycles. The number of aryl methyl sites for hydroxylation is 1. The molecule has 1 fully saturated rings.